The van der Waals surface area contributed by atoms with Crippen LogP contribution in [0.3, 0.4) is 0 Å². The van der Waals surface area contributed by atoms with E-state index in [-0.39, 0.29) is 27.9 Å². The number of rotatable bonds is 6. The van der Waals surface area contributed by atoms with Gasteiger partial charge in [0.25, 0.3) is 0 Å². The van der Waals surface area contributed by atoms with Gasteiger partial charge in [0.2, 0.25) is 10.0 Å². The molecule has 0 spiro atoms. The topological polar surface area (TPSA) is 107 Å². The lowest BCUT2D eigenvalue weighted by Crippen LogP contribution is -2.25. The summed E-state index contributed by atoms with van der Waals surface area (Å²) in [5.74, 6) is -1.13. The van der Waals surface area contributed by atoms with Crippen LogP contribution in [0.5, 0.6) is 0 Å². The summed E-state index contributed by atoms with van der Waals surface area (Å²) in [7, 11) is -3.71. The van der Waals surface area contributed by atoms with Gasteiger partial charge in [0, 0.05) is 17.4 Å². The Bertz CT molecular complexity index is 622. The Labute approximate surface area is 119 Å². The van der Waals surface area contributed by atoms with Gasteiger partial charge in [-0.2, -0.15) is 5.26 Å². The molecule has 0 aliphatic rings. The van der Waals surface area contributed by atoms with Crippen LogP contribution in [0.15, 0.2) is 27.6 Å². The number of halogens is 1. The lowest BCUT2D eigenvalue weighted by atomic mass is 10.2. The van der Waals surface area contributed by atoms with Crippen molar-refractivity contribution in [1.29, 1.82) is 5.26 Å². The van der Waals surface area contributed by atoms with E-state index in [0.717, 1.165) is 0 Å². The molecule has 6 nitrogen and oxygen atoms in total. The predicted octanol–water partition coefficient (Wildman–Crippen LogP) is 1.73. The van der Waals surface area contributed by atoms with Crippen molar-refractivity contribution in [2.75, 3.05) is 6.54 Å². The molecule has 0 heterocycles. The molecule has 0 saturated heterocycles. The van der Waals surface area contributed by atoms with Crippen LogP contribution in [0, 0.1) is 11.3 Å². The Hall–Kier alpha value is -1.43. The molecular formula is C11H11BrN2O4S. The van der Waals surface area contributed by atoms with E-state index in [1.807, 2.05) is 6.07 Å². The number of benzene rings is 1. The van der Waals surface area contributed by atoms with Gasteiger partial charge in [-0.05, 0) is 40.5 Å². The van der Waals surface area contributed by atoms with Crippen LogP contribution in [0.4, 0.5) is 0 Å². The first-order valence-electron chi connectivity index (χ1n) is 5.28. The normalized spacial score (nSPS) is 10.9. The Morgan fingerprint density at radius 2 is 2.16 bits per heavy atom. The van der Waals surface area contributed by atoms with Crippen molar-refractivity contribution in [3.63, 3.8) is 0 Å². The molecule has 0 saturated carbocycles. The zero-order valence-electron chi connectivity index (χ0n) is 9.76. The number of hydrogen-bond acceptors (Lipinski definition) is 4. The van der Waals surface area contributed by atoms with Gasteiger partial charge in [0.1, 0.15) is 0 Å². The van der Waals surface area contributed by atoms with E-state index in [2.05, 4.69) is 20.7 Å². The van der Waals surface area contributed by atoms with Gasteiger partial charge < -0.3 is 5.11 Å². The molecule has 1 aromatic rings. The summed E-state index contributed by atoms with van der Waals surface area (Å²) >= 11 is 3.04. The minimum atomic E-state index is -3.71. The first kappa shape index (κ1) is 15.6. The molecule has 1 aromatic carbocycles. The number of carboxylic acid groups (broad SMARTS) is 1. The van der Waals surface area contributed by atoms with E-state index >= 15 is 0 Å². The minimum Gasteiger partial charge on any atom is -0.478 e. The maximum absolute atomic E-state index is 11.9. The third kappa shape index (κ3) is 4.31. The van der Waals surface area contributed by atoms with Crippen LogP contribution in [0.25, 0.3) is 0 Å². The fourth-order valence-corrected chi connectivity index (χ4v) is 3.45. The summed E-state index contributed by atoms with van der Waals surface area (Å²) in [6.07, 6.45) is 0.683. The summed E-state index contributed by atoms with van der Waals surface area (Å²) in [6.45, 7) is 0.156. The summed E-state index contributed by atoms with van der Waals surface area (Å²) in [6, 6.07) is 5.59. The molecule has 0 fully saturated rings. The number of nitrogens with one attached hydrogen (secondary N) is 1. The molecule has 0 radical (unpaired) electrons. The molecule has 1 rings (SSSR count). The van der Waals surface area contributed by atoms with Crippen molar-refractivity contribution >= 4 is 31.9 Å². The second-order valence-corrected chi connectivity index (χ2v) is 6.20. The minimum absolute atomic E-state index is 0.00435. The van der Waals surface area contributed by atoms with Crippen molar-refractivity contribution in [2.45, 2.75) is 17.7 Å². The zero-order valence-corrected chi connectivity index (χ0v) is 12.2. The van der Waals surface area contributed by atoms with Crippen molar-refractivity contribution < 1.29 is 18.3 Å². The Balaban J connectivity index is 2.90. The number of hydrogen-bond donors (Lipinski definition) is 2. The number of nitrogens with zero attached hydrogens (tertiary/aromatic N) is 1. The van der Waals surface area contributed by atoms with Gasteiger partial charge in [-0.1, -0.05) is 0 Å². The van der Waals surface area contributed by atoms with Gasteiger partial charge in [0.05, 0.1) is 16.5 Å². The highest BCUT2D eigenvalue weighted by Crippen LogP contribution is 2.23. The third-order valence-corrected chi connectivity index (χ3v) is 4.66. The Morgan fingerprint density at radius 3 is 2.68 bits per heavy atom. The number of unbranched alkanes of at least 4 members (excludes halogenated alkanes) is 1. The maximum Gasteiger partial charge on any atom is 0.335 e. The fraction of sp³-hybridized carbons (Fsp3) is 0.273. The van der Waals surface area contributed by atoms with E-state index in [1.54, 1.807) is 0 Å². The van der Waals surface area contributed by atoms with E-state index in [4.69, 9.17) is 10.4 Å². The average molecular weight is 347 g/mol. The van der Waals surface area contributed by atoms with E-state index in [1.165, 1.54) is 18.2 Å². The first-order valence-corrected chi connectivity index (χ1v) is 7.55. The second-order valence-electron chi connectivity index (χ2n) is 3.61. The zero-order chi connectivity index (χ0) is 14.5. The van der Waals surface area contributed by atoms with Gasteiger partial charge in [0.15, 0.2) is 0 Å². The van der Waals surface area contributed by atoms with Crippen LogP contribution in [0.1, 0.15) is 23.2 Å². The number of aromatic carboxylic acids is 1. The molecule has 19 heavy (non-hydrogen) atoms. The predicted molar refractivity (Wildman–Crippen MR) is 71.1 cm³/mol. The first-order chi connectivity index (χ1) is 8.88. The van der Waals surface area contributed by atoms with Gasteiger partial charge in [-0.25, -0.2) is 17.9 Å². The summed E-state index contributed by atoms with van der Waals surface area (Å²) in [4.78, 5) is 10.7. The Kier molecular flexibility index (Phi) is 5.47. The Morgan fingerprint density at radius 1 is 1.47 bits per heavy atom. The molecule has 0 aromatic heterocycles. The smallest absolute Gasteiger partial charge is 0.335 e. The third-order valence-electron chi connectivity index (χ3n) is 2.23. The summed E-state index contributed by atoms with van der Waals surface area (Å²) < 4.78 is 26.4. The van der Waals surface area contributed by atoms with Crippen LogP contribution in [-0.4, -0.2) is 26.0 Å². The quantitative estimate of drug-likeness (QED) is 0.762. The monoisotopic (exact) mass is 346 g/mol. The number of nitriles is 1. The highest BCUT2D eigenvalue weighted by atomic mass is 79.9. The van der Waals surface area contributed by atoms with Crippen molar-refractivity contribution in [3.8, 4) is 6.07 Å². The van der Waals surface area contributed by atoms with E-state index < -0.39 is 16.0 Å². The maximum atomic E-state index is 11.9. The average Bonchev–Trinajstić information content (AvgIpc) is 2.34. The fourth-order valence-electron chi connectivity index (χ4n) is 1.30. The van der Waals surface area contributed by atoms with Crippen LogP contribution >= 0.6 is 15.9 Å². The lowest BCUT2D eigenvalue weighted by molar-refractivity contribution is 0.0696. The van der Waals surface area contributed by atoms with Crippen LogP contribution in [-0.2, 0) is 10.0 Å². The standard InChI is InChI=1S/C11H11BrN2O4S/c12-9-7-8(11(15)16)3-4-10(9)19(17,18)14-6-2-1-5-13/h3-4,7,14H,1-2,6H2,(H,15,16). The highest BCUT2D eigenvalue weighted by molar-refractivity contribution is 9.10. The molecule has 0 unspecified atom stereocenters. The second kappa shape index (κ2) is 6.65. The largest absolute Gasteiger partial charge is 0.478 e. The molecule has 2 N–H and O–H groups in total. The van der Waals surface area contributed by atoms with Gasteiger partial charge in [-0.15, -0.1) is 0 Å². The molecule has 0 bridgehead atoms. The lowest BCUT2D eigenvalue weighted by Gasteiger charge is -2.08. The van der Waals surface area contributed by atoms with Crippen molar-refractivity contribution in [2.24, 2.45) is 0 Å². The molecule has 0 aliphatic carbocycles. The molecule has 102 valence electrons. The molecule has 0 aliphatic heterocycles. The molecular weight excluding hydrogens is 336 g/mol. The van der Waals surface area contributed by atoms with Crippen molar-refractivity contribution in [3.05, 3.63) is 28.2 Å². The van der Waals surface area contributed by atoms with E-state index in [0.29, 0.717) is 6.42 Å². The number of carbonyl (C=O) groups is 1. The number of carboxylic acids is 1. The SMILES string of the molecule is N#CCCCNS(=O)(=O)c1ccc(C(=O)O)cc1Br. The van der Waals surface area contributed by atoms with Crippen molar-refractivity contribution in [1.82, 2.24) is 4.72 Å². The van der Waals surface area contributed by atoms with Gasteiger partial charge in [-0.3, -0.25) is 0 Å². The highest BCUT2D eigenvalue weighted by Gasteiger charge is 2.18. The number of sulfonamides is 1. The molecule has 8 heteroatoms. The van der Waals surface area contributed by atoms with Crippen LogP contribution < -0.4 is 4.72 Å². The summed E-state index contributed by atoms with van der Waals surface area (Å²) in [5.41, 5.74) is -0.00435. The molecule has 0 atom stereocenters. The molecule has 0 amide bonds. The van der Waals surface area contributed by atoms with Crippen LogP contribution in [0.2, 0.25) is 0 Å². The van der Waals surface area contributed by atoms with E-state index in [9.17, 15) is 13.2 Å². The summed E-state index contributed by atoms with van der Waals surface area (Å²) in [5, 5.41) is 17.1. The van der Waals surface area contributed by atoms with Gasteiger partial charge >= 0.3 is 5.97 Å².